The largest absolute Gasteiger partial charge is 0.494 e. The number of methoxy groups -OCH3 is 1. The average Bonchev–Trinajstić information content (AvgIpc) is 2.66. The zero-order valence-electron chi connectivity index (χ0n) is 14.9. The van der Waals surface area contributed by atoms with Gasteiger partial charge in [-0.25, -0.2) is 4.79 Å². The van der Waals surface area contributed by atoms with Crippen molar-refractivity contribution in [2.24, 2.45) is 0 Å². The quantitative estimate of drug-likeness (QED) is 0.317. The van der Waals surface area contributed by atoms with Gasteiger partial charge in [-0.05, 0) is 49.0 Å². The fourth-order valence-electron chi connectivity index (χ4n) is 2.15. The predicted octanol–water partition coefficient (Wildman–Crippen LogP) is 3.98. The smallest absolute Gasteiger partial charge is 0.338 e. The molecule has 2 N–H and O–H groups in total. The number of nitro groups is 1. The van der Waals surface area contributed by atoms with Gasteiger partial charge in [0.25, 0.3) is 5.69 Å². The lowest BCUT2D eigenvalue weighted by Crippen LogP contribution is -2.19. The third-order valence-electron chi connectivity index (χ3n) is 3.46. The Morgan fingerprint density at radius 2 is 1.89 bits per heavy atom. The summed E-state index contributed by atoms with van der Waals surface area (Å²) in [5.41, 5.74) is 1.52. The Balaban J connectivity index is 2.01. The van der Waals surface area contributed by atoms with Crippen LogP contribution in [0, 0.1) is 10.1 Å². The van der Waals surface area contributed by atoms with Crippen LogP contribution >= 0.6 is 12.2 Å². The van der Waals surface area contributed by atoms with Crippen molar-refractivity contribution in [3.05, 3.63) is 58.1 Å². The number of carbonyl (C=O) groups excluding carboxylic acids is 1. The molecule has 27 heavy (non-hydrogen) atoms. The van der Waals surface area contributed by atoms with E-state index in [9.17, 15) is 14.9 Å². The van der Waals surface area contributed by atoms with Crippen LogP contribution in [0.4, 0.5) is 17.1 Å². The highest BCUT2D eigenvalue weighted by atomic mass is 32.1. The minimum Gasteiger partial charge on any atom is -0.494 e. The van der Waals surface area contributed by atoms with Gasteiger partial charge in [0.2, 0.25) is 0 Å². The molecular weight excluding hydrogens is 370 g/mol. The molecule has 0 aliphatic rings. The number of esters is 1. The first-order valence-electron chi connectivity index (χ1n) is 8.12. The predicted molar refractivity (Wildman–Crippen MR) is 107 cm³/mol. The van der Waals surface area contributed by atoms with Crippen LogP contribution in [0.3, 0.4) is 0 Å². The summed E-state index contributed by atoms with van der Waals surface area (Å²) >= 11 is 5.25. The summed E-state index contributed by atoms with van der Waals surface area (Å²) in [4.78, 5) is 22.1. The van der Waals surface area contributed by atoms with Gasteiger partial charge in [-0.3, -0.25) is 10.1 Å². The van der Waals surface area contributed by atoms with Crippen molar-refractivity contribution in [3.63, 3.8) is 0 Å². The van der Waals surface area contributed by atoms with Crippen LogP contribution in [0.1, 0.15) is 23.7 Å². The molecular formula is C18H19N3O5S. The molecule has 9 heteroatoms. The van der Waals surface area contributed by atoms with Crippen molar-refractivity contribution in [2.75, 3.05) is 24.4 Å². The van der Waals surface area contributed by atoms with Crippen LogP contribution in [0.2, 0.25) is 0 Å². The molecule has 0 aromatic heterocycles. The zero-order valence-corrected chi connectivity index (χ0v) is 15.7. The normalized spacial score (nSPS) is 10.0. The molecule has 2 aromatic rings. The van der Waals surface area contributed by atoms with Crippen molar-refractivity contribution in [3.8, 4) is 5.75 Å². The Hall–Kier alpha value is -3.20. The molecule has 0 aliphatic heterocycles. The third kappa shape index (κ3) is 5.65. The number of anilines is 2. The number of ether oxygens (including phenoxy) is 2. The average molecular weight is 389 g/mol. The topological polar surface area (TPSA) is 103 Å². The molecule has 0 amide bonds. The van der Waals surface area contributed by atoms with Gasteiger partial charge in [-0.1, -0.05) is 6.92 Å². The van der Waals surface area contributed by atoms with Crippen molar-refractivity contribution in [1.82, 2.24) is 0 Å². The summed E-state index contributed by atoms with van der Waals surface area (Å²) in [6.45, 7) is 2.30. The number of non-ortho nitro benzene ring substituents is 1. The van der Waals surface area contributed by atoms with Crippen molar-refractivity contribution in [2.45, 2.75) is 13.3 Å². The second kappa shape index (κ2) is 9.48. The Labute approximate surface area is 161 Å². The van der Waals surface area contributed by atoms with E-state index >= 15 is 0 Å². The van der Waals surface area contributed by atoms with E-state index in [4.69, 9.17) is 21.7 Å². The van der Waals surface area contributed by atoms with Gasteiger partial charge in [-0.15, -0.1) is 0 Å². The maximum absolute atomic E-state index is 11.8. The highest BCUT2D eigenvalue weighted by Gasteiger charge is 2.12. The summed E-state index contributed by atoms with van der Waals surface area (Å²) in [5.74, 6) is -0.0814. The molecule has 2 rings (SSSR count). The first-order chi connectivity index (χ1) is 12.9. The van der Waals surface area contributed by atoms with E-state index in [1.165, 1.54) is 25.3 Å². The molecule has 0 atom stereocenters. The molecule has 0 fully saturated rings. The van der Waals surface area contributed by atoms with Gasteiger partial charge in [-0.2, -0.15) is 0 Å². The maximum Gasteiger partial charge on any atom is 0.338 e. The second-order valence-corrected chi connectivity index (χ2v) is 5.84. The molecule has 0 unspecified atom stereocenters. The van der Waals surface area contributed by atoms with Crippen molar-refractivity contribution < 1.29 is 19.2 Å². The van der Waals surface area contributed by atoms with Crippen LogP contribution in [0.5, 0.6) is 5.75 Å². The van der Waals surface area contributed by atoms with Gasteiger partial charge in [0.05, 0.1) is 36.0 Å². The molecule has 0 radical (unpaired) electrons. The van der Waals surface area contributed by atoms with Crippen LogP contribution < -0.4 is 15.4 Å². The van der Waals surface area contributed by atoms with E-state index in [1.807, 2.05) is 6.92 Å². The molecule has 2 aromatic carbocycles. The van der Waals surface area contributed by atoms with Crippen LogP contribution in [0.15, 0.2) is 42.5 Å². The third-order valence-corrected chi connectivity index (χ3v) is 3.66. The number of carbonyl (C=O) groups is 1. The summed E-state index contributed by atoms with van der Waals surface area (Å²) in [7, 11) is 1.41. The Morgan fingerprint density at radius 3 is 2.48 bits per heavy atom. The van der Waals surface area contributed by atoms with Gasteiger partial charge in [0.15, 0.2) is 5.11 Å². The number of hydrogen-bond acceptors (Lipinski definition) is 6. The monoisotopic (exact) mass is 389 g/mol. The second-order valence-electron chi connectivity index (χ2n) is 5.43. The first-order valence-corrected chi connectivity index (χ1v) is 8.53. The lowest BCUT2D eigenvalue weighted by molar-refractivity contribution is -0.384. The van der Waals surface area contributed by atoms with E-state index in [-0.39, 0.29) is 16.8 Å². The number of rotatable bonds is 7. The zero-order chi connectivity index (χ0) is 19.8. The first kappa shape index (κ1) is 20.1. The molecule has 0 spiro atoms. The molecule has 0 saturated heterocycles. The number of nitro benzene ring substituents is 1. The van der Waals surface area contributed by atoms with E-state index in [0.29, 0.717) is 29.3 Å². The van der Waals surface area contributed by atoms with E-state index in [1.54, 1.807) is 24.3 Å². The Morgan fingerprint density at radius 1 is 1.19 bits per heavy atom. The maximum atomic E-state index is 11.8. The van der Waals surface area contributed by atoms with Crippen LogP contribution in [-0.4, -0.2) is 29.7 Å². The minimum absolute atomic E-state index is 0.0816. The summed E-state index contributed by atoms with van der Waals surface area (Å²) in [5, 5.41) is 17.0. The van der Waals surface area contributed by atoms with Gasteiger partial charge >= 0.3 is 5.97 Å². The Kier molecular flexibility index (Phi) is 7.07. The van der Waals surface area contributed by atoms with Crippen LogP contribution in [-0.2, 0) is 4.74 Å². The van der Waals surface area contributed by atoms with E-state index in [0.717, 1.165) is 6.42 Å². The number of nitrogens with one attached hydrogen (secondary N) is 2. The molecule has 0 aliphatic carbocycles. The van der Waals surface area contributed by atoms with E-state index in [2.05, 4.69) is 10.6 Å². The number of nitrogens with zero attached hydrogens (tertiary/aromatic N) is 1. The highest BCUT2D eigenvalue weighted by molar-refractivity contribution is 7.80. The summed E-state index contributed by atoms with van der Waals surface area (Å²) in [6.07, 6.45) is 0.761. The molecule has 0 saturated carbocycles. The van der Waals surface area contributed by atoms with Gasteiger partial charge in [0, 0.05) is 11.8 Å². The summed E-state index contributed by atoms with van der Waals surface area (Å²) < 4.78 is 10.2. The standard InChI is InChI=1S/C18H19N3O5S/c1-3-10-26-17(22)12-4-6-13(7-5-12)19-18(27)20-15-9-8-14(21(23)24)11-16(15)25-2/h4-9,11H,3,10H2,1-2H3,(H2,19,20,27). The molecule has 0 heterocycles. The lowest BCUT2D eigenvalue weighted by Gasteiger charge is -2.13. The Bertz CT molecular complexity index is 839. The minimum atomic E-state index is -0.504. The van der Waals surface area contributed by atoms with Crippen LogP contribution in [0.25, 0.3) is 0 Å². The lowest BCUT2D eigenvalue weighted by atomic mass is 10.2. The SMILES string of the molecule is CCCOC(=O)c1ccc(NC(=S)Nc2ccc([N+](=O)[O-])cc2OC)cc1. The molecule has 0 bridgehead atoms. The molecule has 142 valence electrons. The van der Waals surface area contributed by atoms with Crippen molar-refractivity contribution in [1.29, 1.82) is 0 Å². The number of hydrogen-bond donors (Lipinski definition) is 2. The highest BCUT2D eigenvalue weighted by Crippen LogP contribution is 2.29. The number of benzene rings is 2. The van der Waals surface area contributed by atoms with E-state index < -0.39 is 4.92 Å². The number of thiocarbonyl (C=S) groups is 1. The van der Waals surface area contributed by atoms with Crippen molar-refractivity contribution >= 4 is 40.4 Å². The fraction of sp³-hybridized carbons (Fsp3) is 0.222. The molecule has 8 nitrogen and oxygen atoms in total. The fourth-order valence-corrected chi connectivity index (χ4v) is 2.38. The van der Waals surface area contributed by atoms with Gasteiger partial charge in [0.1, 0.15) is 5.75 Å². The van der Waals surface area contributed by atoms with Gasteiger partial charge < -0.3 is 20.1 Å². The summed E-state index contributed by atoms with van der Waals surface area (Å²) in [6, 6.07) is 10.8.